The summed E-state index contributed by atoms with van der Waals surface area (Å²) in [6, 6.07) is 0.233. The Bertz CT molecular complexity index is 225. The van der Waals surface area contributed by atoms with Crippen LogP contribution in [0.4, 0.5) is 0 Å². The molecule has 0 saturated carbocycles. The second-order valence-corrected chi connectivity index (χ2v) is 5.64. The van der Waals surface area contributed by atoms with E-state index in [0.717, 1.165) is 25.9 Å². The Hall–Kier alpha value is -0.570. The van der Waals surface area contributed by atoms with E-state index < -0.39 is 0 Å². The first kappa shape index (κ1) is 15.5. The molecular weight excluding hydrogens is 224 g/mol. The molecule has 3 nitrogen and oxygen atoms in total. The molecule has 1 saturated heterocycles. The largest absolute Gasteiger partial charge is 0.339 e. The number of carbonyl (C=O) groups excluding carboxylic acids is 1. The van der Waals surface area contributed by atoms with Gasteiger partial charge in [0.25, 0.3) is 0 Å². The smallest absolute Gasteiger partial charge is 0.222 e. The summed E-state index contributed by atoms with van der Waals surface area (Å²) in [4.78, 5) is 13.5. The summed E-state index contributed by atoms with van der Waals surface area (Å²) < 4.78 is 0. The van der Waals surface area contributed by atoms with Crippen LogP contribution in [0.5, 0.6) is 0 Å². The second-order valence-electron chi connectivity index (χ2n) is 5.64. The highest BCUT2D eigenvalue weighted by atomic mass is 16.2. The molecule has 0 aliphatic carbocycles. The summed E-state index contributed by atoms with van der Waals surface area (Å²) in [5.74, 6) is 0.305. The Morgan fingerprint density at radius 2 is 1.50 bits per heavy atom. The number of nitrogens with two attached hydrogens (primary N) is 1. The van der Waals surface area contributed by atoms with Crippen LogP contribution < -0.4 is 5.73 Å². The van der Waals surface area contributed by atoms with Crippen LogP contribution in [-0.4, -0.2) is 29.9 Å². The molecule has 106 valence electrons. The SMILES string of the molecule is CCCCCCCCCCCC(=O)N1CC(N)C1. The predicted molar refractivity (Wildman–Crippen MR) is 76.4 cm³/mol. The molecule has 0 unspecified atom stereocenters. The number of hydrogen-bond acceptors (Lipinski definition) is 2. The molecule has 1 rings (SSSR count). The van der Waals surface area contributed by atoms with Crippen LogP contribution in [0.2, 0.25) is 0 Å². The van der Waals surface area contributed by atoms with Crippen molar-refractivity contribution in [2.75, 3.05) is 13.1 Å². The van der Waals surface area contributed by atoms with Crippen molar-refractivity contribution in [1.29, 1.82) is 0 Å². The number of amides is 1. The Balaban J connectivity index is 1.79. The van der Waals surface area contributed by atoms with Gasteiger partial charge in [0, 0.05) is 25.6 Å². The zero-order valence-corrected chi connectivity index (χ0v) is 12.0. The van der Waals surface area contributed by atoms with Crippen LogP contribution in [0.25, 0.3) is 0 Å². The number of nitrogens with zero attached hydrogens (tertiary/aromatic N) is 1. The van der Waals surface area contributed by atoms with Crippen molar-refractivity contribution in [3.63, 3.8) is 0 Å². The van der Waals surface area contributed by atoms with Gasteiger partial charge in [0.05, 0.1) is 0 Å². The molecule has 0 atom stereocenters. The molecule has 1 aliphatic heterocycles. The first-order chi connectivity index (χ1) is 8.74. The maximum atomic E-state index is 11.6. The first-order valence-corrected chi connectivity index (χ1v) is 7.77. The molecule has 0 aromatic heterocycles. The van der Waals surface area contributed by atoms with Crippen molar-refractivity contribution >= 4 is 5.91 Å². The topological polar surface area (TPSA) is 46.3 Å². The molecule has 1 fully saturated rings. The van der Waals surface area contributed by atoms with Crippen LogP contribution in [0.3, 0.4) is 0 Å². The van der Waals surface area contributed by atoms with Gasteiger partial charge in [-0.15, -0.1) is 0 Å². The normalized spacial score (nSPS) is 15.8. The van der Waals surface area contributed by atoms with Crippen LogP contribution in [0, 0.1) is 0 Å². The van der Waals surface area contributed by atoms with Gasteiger partial charge in [-0.3, -0.25) is 4.79 Å². The second kappa shape index (κ2) is 9.37. The Kier molecular flexibility index (Phi) is 8.06. The van der Waals surface area contributed by atoms with Crippen LogP contribution in [0.1, 0.15) is 71.1 Å². The quantitative estimate of drug-likeness (QED) is 0.609. The lowest BCUT2D eigenvalue weighted by molar-refractivity contribution is -0.135. The van der Waals surface area contributed by atoms with E-state index in [2.05, 4.69) is 6.92 Å². The van der Waals surface area contributed by atoms with Gasteiger partial charge in [-0.05, 0) is 6.42 Å². The van der Waals surface area contributed by atoms with E-state index in [4.69, 9.17) is 5.73 Å². The van der Waals surface area contributed by atoms with Gasteiger partial charge in [-0.2, -0.15) is 0 Å². The molecule has 1 amide bonds. The first-order valence-electron chi connectivity index (χ1n) is 7.77. The van der Waals surface area contributed by atoms with Gasteiger partial charge in [0.15, 0.2) is 0 Å². The van der Waals surface area contributed by atoms with E-state index in [1.54, 1.807) is 0 Å². The van der Waals surface area contributed by atoms with E-state index in [-0.39, 0.29) is 6.04 Å². The zero-order valence-electron chi connectivity index (χ0n) is 12.0. The summed E-state index contributed by atoms with van der Waals surface area (Å²) in [6.07, 6.45) is 12.5. The van der Waals surface area contributed by atoms with Crippen LogP contribution >= 0.6 is 0 Å². The molecule has 1 aliphatic rings. The minimum absolute atomic E-state index is 0.233. The highest BCUT2D eigenvalue weighted by molar-refractivity contribution is 5.77. The summed E-state index contributed by atoms with van der Waals surface area (Å²) in [5, 5.41) is 0. The van der Waals surface area contributed by atoms with E-state index >= 15 is 0 Å². The van der Waals surface area contributed by atoms with Gasteiger partial charge in [-0.25, -0.2) is 0 Å². The van der Waals surface area contributed by atoms with E-state index in [1.807, 2.05) is 4.90 Å². The number of carbonyl (C=O) groups is 1. The van der Waals surface area contributed by atoms with E-state index in [0.29, 0.717) is 5.91 Å². The van der Waals surface area contributed by atoms with Crippen molar-refractivity contribution in [3.05, 3.63) is 0 Å². The lowest BCUT2D eigenvalue weighted by Crippen LogP contribution is -2.57. The van der Waals surface area contributed by atoms with Gasteiger partial charge in [0.1, 0.15) is 0 Å². The van der Waals surface area contributed by atoms with E-state index in [9.17, 15) is 4.79 Å². The molecule has 0 aromatic carbocycles. The average molecular weight is 254 g/mol. The fraction of sp³-hybridized carbons (Fsp3) is 0.933. The Labute approximate surface area is 112 Å². The molecule has 0 aromatic rings. The molecule has 18 heavy (non-hydrogen) atoms. The zero-order chi connectivity index (χ0) is 13.2. The van der Waals surface area contributed by atoms with Crippen molar-refractivity contribution in [2.45, 2.75) is 77.2 Å². The summed E-state index contributed by atoms with van der Waals surface area (Å²) >= 11 is 0. The fourth-order valence-corrected chi connectivity index (χ4v) is 2.46. The van der Waals surface area contributed by atoms with Gasteiger partial charge in [0.2, 0.25) is 5.91 Å². The summed E-state index contributed by atoms with van der Waals surface area (Å²) in [5.41, 5.74) is 5.66. The van der Waals surface area contributed by atoms with Gasteiger partial charge in [-0.1, -0.05) is 58.3 Å². The lowest BCUT2D eigenvalue weighted by atomic mass is 10.1. The minimum Gasteiger partial charge on any atom is -0.339 e. The minimum atomic E-state index is 0.233. The fourth-order valence-electron chi connectivity index (χ4n) is 2.46. The van der Waals surface area contributed by atoms with Crippen LogP contribution in [0.15, 0.2) is 0 Å². The molecule has 2 N–H and O–H groups in total. The van der Waals surface area contributed by atoms with Gasteiger partial charge >= 0.3 is 0 Å². The summed E-state index contributed by atoms with van der Waals surface area (Å²) in [7, 11) is 0. The number of unbranched alkanes of at least 4 members (excludes halogenated alkanes) is 8. The maximum absolute atomic E-state index is 11.6. The molecule has 0 spiro atoms. The predicted octanol–water partition coefficient (Wildman–Crippen LogP) is 3.08. The highest BCUT2D eigenvalue weighted by Crippen LogP contribution is 2.13. The van der Waals surface area contributed by atoms with Crippen molar-refractivity contribution in [1.82, 2.24) is 4.90 Å². The van der Waals surface area contributed by atoms with Crippen molar-refractivity contribution in [3.8, 4) is 0 Å². The monoisotopic (exact) mass is 254 g/mol. The third kappa shape index (κ3) is 6.39. The Morgan fingerprint density at radius 3 is 2.00 bits per heavy atom. The third-order valence-corrected chi connectivity index (χ3v) is 3.76. The molecule has 0 radical (unpaired) electrons. The van der Waals surface area contributed by atoms with Crippen molar-refractivity contribution in [2.24, 2.45) is 5.73 Å². The standard InChI is InChI=1S/C15H30N2O/c1-2-3-4-5-6-7-8-9-10-11-15(18)17-12-14(16)13-17/h14H,2-13,16H2,1H3. The van der Waals surface area contributed by atoms with Crippen LogP contribution in [-0.2, 0) is 4.79 Å². The Morgan fingerprint density at radius 1 is 1.00 bits per heavy atom. The maximum Gasteiger partial charge on any atom is 0.222 e. The number of likely N-dealkylation sites (tertiary alicyclic amines) is 1. The highest BCUT2D eigenvalue weighted by Gasteiger charge is 2.26. The average Bonchev–Trinajstić information content (AvgIpc) is 2.32. The number of hydrogen-bond donors (Lipinski definition) is 1. The third-order valence-electron chi connectivity index (χ3n) is 3.76. The lowest BCUT2D eigenvalue weighted by Gasteiger charge is -2.36. The molecule has 0 bridgehead atoms. The number of rotatable bonds is 10. The molecular formula is C15H30N2O. The molecule has 1 heterocycles. The summed E-state index contributed by atoms with van der Waals surface area (Å²) in [6.45, 7) is 3.80. The van der Waals surface area contributed by atoms with Crippen molar-refractivity contribution < 1.29 is 4.79 Å². The van der Waals surface area contributed by atoms with E-state index in [1.165, 1.54) is 51.4 Å². The van der Waals surface area contributed by atoms with Gasteiger partial charge < -0.3 is 10.6 Å². The molecule has 3 heteroatoms.